The van der Waals surface area contributed by atoms with Crippen LogP contribution in [0, 0.1) is 0 Å². The average molecular weight is 286 g/mol. The summed E-state index contributed by atoms with van der Waals surface area (Å²) in [5.74, 6) is -0.513. The maximum Gasteiger partial charge on any atom is 0.416 e. The summed E-state index contributed by atoms with van der Waals surface area (Å²) in [6.45, 7) is -0.648. The quantitative estimate of drug-likeness (QED) is 0.876. The fourth-order valence-electron chi connectivity index (χ4n) is 1.59. The summed E-state index contributed by atoms with van der Waals surface area (Å²) in [6, 6.07) is 4.80. The second kappa shape index (κ2) is 4.97. The number of hydrogen-bond acceptors (Lipinski definition) is 4. The molecule has 20 heavy (non-hydrogen) atoms. The zero-order chi connectivity index (χ0) is 14.9. The second-order valence-corrected chi connectivity index (χ2v) is 3.93. The molecule has 0 aliphatic heterocycles. The molecule has 1 aromatic carbocycles. The van der Waals surface area contributed by atoms with Gasteiger partial charge >= 0.3 is 6.18 Å². The summed E-state index contributed by atoms with van der Waals surface area (Å²) in [7, 11) is 0. The number of aliphatic hydroxyl groups excluding tert-OH is 1. The summed E-state index contributed by atoms with van der Waals surface area (Å²) in [6.07, 6.45) is -4.55. The lowest BCUT2D eigenvalue weighted by molar-refractivity contribution is -0.137. The predicted octanol–water partition coefficient (Wildman–Crippen LogP) is 1.45. The van der Waals surface area contributed by atoms with E-state index in [1.807, 2.05) is 0 Å². The van der Waals surface area contributed by atoms with Crippen LogP contribution >= 0.6 is 0 Å². The SMILES string of the molecule is O=c1cc(O)c(CO)nn1-c1cccc(C(F)(F)F)c1. The molecule has 0 spiro atoms. The molecule has 106 valence electrons. The lowest BCUT2D eigenvalue weighted by Gasteiger charge is -2.10. The van der Waals surface area contributed by atoms with Gasteiger partial charge < -0.3 is 10.2 Å². The molecule has 0 bridgehead atoms. The summed E-state index contributed by atoms with van der Waals surface area (Å²) in [5, 5.41) is 21.9. The Bertz CT molecular complexity index is 695. The monoisotopic (exact) mass is 286 g/mol. The molecule has 5 nitrogen and oxygen atoms in total. The van der Waals surface area contributed by atoms with E-state index in [1.54, 1.807) is 0 Å². The standard InChI is InChI=1S/C12H9F3N2O3/c13-12(14,15)7-2-1-3-8(4-7)17-11(20)5-10(19)9(6-18)16-17/h1-5,18-19H,6H2. The van der Waals surface area contributed by atoms with Crippen molar-refractivity contribution in [3.05, 3.63) is 51.9 Å². The molecule has 0 fully saturated rings. The number of aliphatic hydroxyl groups is 1. The molecular weight excluding hydrogens is 277 g/mol. The van der Waals surface area contributed by atoms with Crippen molar-refractivity contribution in [3.8, 4) is 11.4 Å². The number of alkyl halides is 3. The molecule has 0 atom stereocenters. The molecule has 2 aromatic rings. The van der Waals surface area contributed by atoms with Crippen molar-refractivity contribution < 1.29 is 23.4 Å². The van der Waals surface area contributed by atoms with Crippen LogP contribution in [0.5, 0.6) is 5.75 Å². The highest BCUT2D eigenvalue weighted by atomic mass is 19.4. The number of nitrogens with zero attached hydrogens (tertiary/aromatic N) is 2. The molecule has 0 amide bonds. The molecule has 0 saturated heterocycles. The van der Waals surface area contributed by atoms with Crippen molar-refractivity contribution in [3.63, 3.8) is 0 Å². The summed E-state index contributed by atoms with van der Waals surface area (Å²) in [4.78, 5) is 11.6. The zero-order valence-corrected chi connectivity index (χ0v) is 9.92. The molecule has 1 aromatic heterocycles. The first-order valence-corrected chi connectivity index (χ1v) is 5.43. The van der Waals surface area contributed by atoms with Gasteiger partial charge in [-0.2, -0.15) is 23.0 Å². The first-order valence-electron chi connectivity index (χ1n) is 5.43. The van der Waals surface area contributed by atoms with E-state index in [4.69, 9.17) is 5.11 Å². The smallest absolute Gasteiger partial charge is 0.416 e. The Hall–Kier alpha value is -2.35. The number of benzene rings is 1. The molecule has 0 aliphatic carbocycles. The van der Waals surface area contributed by atoms with Crippen LogP contribution in [-0.4, -0.2) is 20.0 Å². The van der Waals surface area contributed by atoms with Gasteiger partial charge in [-0.25, -0.2) is 0 Å². The van der Waals surface area contributed by atoms with Crippen LogP contribution in [-0.2, 0) is 12.8 Å². The van der Waals surface area contributed by atoms with Crippen LogP contribution in [0.4, 0.5) is 13.2 Å². The molecule has 0 aliphatic rings. The maximum atomic E-state index is 12.6. The molecule has 0 radical (unpaired) electrons. The predicted molar refractivity (Wildman–Crippen MR) is 62.4 cm³/mol. The van der Waals surface area contributed by atoms with Gasteiger partial charge in [-0.05, 0) is 18.2 Å². The molecule has 1 heterocycles. The Morgan fingerprint density at radius 3 is 2.55 bits per heavy atom. The number of aromatic hydroxyl groups is 1. The van der Waals surface area contributed by atoms with E-state index in [-0.39, 0.29) is 11.4 Å². The number of hydrogen-bond donors (Lipinski definition) is 2. The van der Waals surface area contributed by atoms with E-state index < -0.39 is 29.7 Å². The minimum atomic E-state index is -4.55. The molecule has 2 rings (SSSR count). The highest BCUT2D eigenvalue weighted by molar-refractivity contribution is 5.37. The number of halogens is 3. The van der Waals surface area contributed by atoms with Gasteiger partial charge in [-0.15, -0.1) is 0 Å². The van der Waals surface area contributed by atoms with Gasteiger partial charge in [0, 0.05) is 6.07 Å². The van der Waals surface area contributed by atoms with E-state index >= 15 is 0 Å². The fraction of sp³-hybridized carbons (Fsp3) is 0.167. The topological polar surface area (TPSA) is 75.3 Å². The maximum absolute atomic E-state index is 12.6. The van der Waals surface area contributed by atoms with Crippen molar-refractivity contribution in [2.45, 2.75) is 12.8 Å². The Morgan fingerprint density at radius 2 is 1.95 bits per heavy atom. The lowest BCUT2D eigenvalue weighted by atomic mass is 10.2. The second-order valence-electron chi connectivity index (χ2n) is 3.93. The van der Waals surface area contributed by atoms with Crippen LogP contribution in [0.3, 0.4) is 0 Å². The Morgan fingerprint density at radius 1 is 1.25 bits per heavy atom. The van der Waals surface area contributed by atoms with Gasteiger partial charge in [-0.1, -0.05) is 6.07 Å². The number of rotatable bonds is 2. The van der Waals surface area contributed by atoms with Gasteiger partial charge in [0.15, 0.2) is 0 Å². The van der Waals surface area contributed by atoms with Crippen LogP contribution < -0.4 is 5.56 Å². The third-order valence-corrected chi connectivity index (χ3v) is 2.55. The van der Waals surface area contributed by atoms with E-state index in [0.717, 1.165) is 24.3 Å². The van der Waals surface area contributed by atoms with Gasteiger partial charge in [0.25, 0.3) is 5.56 Å². The Kier molecular flexibility index (Phi) is 3.49. The Balaban J connectivity index is 2.60. The summed E-state index contributed by atoms with van der Waals surface area (Å²) in [5.41, 5.74) is -2.05. The largest absolute Gasteiger partial charge is 0.506 e. The van der Waals surface area contributed by atoms with Crippen LogP contribution in [0.25, 0.3) is 5.69 Å². The highest BCUT2D eigenvalue weighted by Crippen LogP contribution is 2.30. The fourth-order valence-corrected chi connectivity index (χ4v) is 1.59. The van der Waals surface area contributed by atoms with E-state index in [1.165, 1.54) is 6.07 Å². The summed E-state index contributed by atoms with van der Waals surface area (Å²) >= 11 is 0. The molecule has 2 N–H and O–H groups in total. The van der Waals surface area contributed by atoms with Crippen molar-refractivity contribution >= 4 is 0 Å². The summed E-state index contributed by atoms with van der Waals surface area (Å²) < 4.78 is 38.5. The van der Waals surface area contributed by atoms with Gasteiger partial charge in [0.1, 0.15) is 11.4 Å². The number of aromatic nitrogens is 2. The first kappa shape index (κ1) is 14.1. The van der Waals surface area contributed by atoms with Gasteiger partial charge in [0.2, 0.25) is 0 Å². The van der Waals surface area contributed by atoms with E-state index in [2.05, 4.69) is 5.10 Å². The third kappa shape index (κ3) is 2.64. The molecule has 8 heteroatoms. The molecule has 0 saturated carbocycles. The minimum Gasteiger partial charge on any atom is -0.506 e. The van der Waals surface area contributed by atoms with Crippen LogP contribution in [0.1, 0.15) is 11.3 Å². The van der Waals surface area contributed by atoms with E-state index in [0.29, 0.717) is 4.68 Å². The lowest BCUT2D eigenvalue weighted by Crippen LogP contribution is -2.22. The van der Waals surface area contributed by atoms with Crippen molar-refractivity contribution in [2.24, 2.45) is 0 Å². The highest BCUT2D eigenvalue weighted by Gasteiger charge is 2.30. The van der Waals surface area contributed by atoms with Crippen molar-refractivity contribution in [1.29, 1.82) is 0 Å². The van der Waals surface area contributed by atoms with Crippen molar-refractivity contribution in [1.82, 2.24) is 9.78 Å². The molecule has 0 unspecified atom stereocenters. The van der Waals surface area contributed by atoms with Crippen LogP contribution in [0.2, 0.25) is 0 Å². The zero-order valence-electron chi connectivity index (χ0n) is 9.92. The third-order valence-electron chi connectivity index (χ3n) is 2.55. The van der Waals surface area contributed by atoms with Crippen LogP contribution in [0.15, 0.2) is 35.1 Å². The van der Waals surface area contributed by atoms with Gasteiger partial charge in [-0.3, -0.25) is 4.79 Å². The first-order chi connectivity index (χ1) is 9.32. The van der Waals surface area contributed by atoms with Gasteiger partial charge in [0.05, 0.1) is 17.9 Å². The Labute approximate surface area is 110 Å². The van der Waals surface area contributed by atoms with E-state index in [9.17, 15) is 23.1 Å². The minimum absolute atomic E-state index is 0.112. The normalized spacial score (nSPS) is 11.6. The van der Waals surface area contributed by atoms with Crippen molar-refractivity contribution in [2.75, 3.05) is 0 Å². The molecular formula is C12H9F3N2O3. The average Bonchev–Trinajstić information content (AvgIpc) is 2.38.